The fourth-order valence-corrected chi connectivity index (χ4v) is 8.33. The summed E-state index contributed by atoms with van der Waals surface area (Å²) in [7, 11) is 3.39. The summed E-state index contributed by atoms with van der Waals surface area (Å²) in [5.41, 5.74) is 9.56. The van der Waals surface area contributed by atoms with Crippen LogP contribution in [-0.2, 0) is 5.60 Å². The number of methoxy groups -OCH3 is 2. The van der Waals surface area contributed by atoms with Gasteiger partial charge in [0.15, 0.2) is 5.60 Å². The van der Waals surface area contributed by atoms with Gasteiger partial charge in [0.2, 0.25) is 0 Å². The summed E-state index contributed by atoms with van der Waals surface area (Å²) < 4.78 is 25.4. The normalized spacial score (nSPS) is 19.2. The summed E-state index contributed by atoms with van der Waals surface area (Å²) in [4.78, 5) is 0. The predicted octanol–water partition coefficient (Wildman–Crippen LogP) is 10.4. The lowest BCUT2D eigenvalue weighted by Gasteiger charge is -2.42. The minimum atomic E-state index is -0.871. The molecule has 1 saturated carbocycles. The van der Waals surface area contributed by atoms with Crippen LogP contribution >= 0.6 is 0 Å². The van der Waals surface area contributed by atoms with E-state index in [1.807, 2.05) is 24.3 Å². The Kier molecular flexibility index (Phi) is 5.90. The summed E-state index contributed by atoms with van der Waals surface area (Å²) >= 11 is 0. The van der Waals surface area contributed by atoms with Crippen LogP contribution in [0.4, 0.5) is 0 Å². The summed E-state index contributed by atoms with van der Waals surface area (Å²) in [5, 5.41) is 2.11. The molecule has 0 N–H and O–H groups in total. The molecule has 45 heavy (non-hydrogen) atoms. The first kappa shape index (κ1) is 26.4. The van der Waals surface area contributed by atoms with E-state index in [2.05, 4.69) is 84.9 Å². The zero-order chi connectivity index (χ0) is 30.1. The van der Waals surface area contributed by atoms with E-state index in [0.29, 0.717) is 11.8 Å². The summed E-state index contributed by atoms with van der Waals surface area (Å²) in [6.07, 6.45) is 9.48. The largest absolute Gasteiger partial charge is 0.497 e. The van der Waals surface area contributed by atoms with Crippen molar-refractivity contribution < 1.29 is 18.6 Å². The number of hydrogen-bond acceptors (Lipinski definition) is 4. The number of hydrogen-bond donors (Lipinski definition) is 0. The summed E-state index contributed by atoms with van der Waals surface area (Å²) in [6.45, 7) is 0. The van der Waals surface area contributed by atoms with Gasteiger partial charge >= 0.3 is 0 Å². The van der Waals surface area contributed by atoms with Gasteiger partial charge in [-0.05, 0) is 77.8 Å². The smallest absolute Gasteiger partial charge is 0.178 e. The van der Waals surface area contributed by atoms with Gasteiger partial charge in [0, 0.05) is 27.6 Å². The highest BCUT2D eigenvalue weighted by molar-refractivity contribution is 6.16. The Bertz CT molecular complexity index is 2070. The molecule has 0 saturated heterocycles. The third kappa shape index (κ3) is 3.78. The fourth-order valence-electron chi connectivity index (χ4n) is 8.33. The molecule has 0 amide bonds. The van der Waals surface area contributed by atoms with E-state index in [1.165, 1.54) is 53.5 Å². The number of fused-ring (bicyclic) bond motifs is 13. The molecule has 1 aliphatic heterocycles. The second kappa shape index (κ2) is 10.0. The second-order valence-corrected chi connectivity index (χ2v) is 12.5. The Labute approximate surface area is 262 Å². The highest BCUT2D eigenvalue weighted by Gasteiger charge is 2.44. The minimum Gasteiger partial charge on any atom is -0.497 e. The van der Waals surface area contributed by atoms with Crippen LogP contribution in [0.2, 0.25) is 0 Å². The van der Waals surface area contributed by atoms with Gasteiger partial charge in [0.1, 0.15) is 28.4 Å². The van der Waals surface area contributed by atoms with Crippen LogP contribution in [0.3, 0.4) is 0 Å². The van der Waals surface area contributed by atoms with E-state index in [1.54, 1.807) is 14.2 Å². The standard InChI is InChI=1S/C41H34O4/c1-42-27-19-15-25(16-20-27)41(26-17-21-28(43-2)22-18-26)24-23-34-36-31-11-5-3-9-29(31)30-10-4-6-12-32(30)37(36)40-38(39(34)45-41)33-13-7-8-14-35(33)44-40/h4,6-8,10,12-24,29,31H,3,5,9,11H2,1-2H3. The van der Waals surface area contributed by atoms with Crippen molar-refractivity contribution in [3.05, 3.63) is 131 Å². The molecule has 1 fully saturated rings. The molecule has 6 aromatic rings. The first-order valence-electron chi connectivity index (χ1n) is 16.0. The van der Waals surface area contributed by atoms with E-state index < -0.39 is 5.60 Å². The van der Waals surface area contributed by atoms with Crippen LogP contribution in [0.15, 0.2) is 108 Å². The topological polar surface area (TPSA) is 40.8 Å². The van der Waals surface area contributed by atoms with Crippen LogP contribution in [0.25, 0.3) is 39.1 Å². The van der Waals surface area contributed by atoms with Gasteiger partial charge in [0.25, 0.3) is 0 Å². The quantitative estimate of drug-likeness (QED) is 0.205. The SMILES string of the molecule is COc1ccc(C2(c3ccc(OC)cc3)C=Cc3c4c(c5oc6ccccc6c5c3O2)-c2ccccc2C2CCCCC42)cc1. The first-order chi connectivity index (χ1) is 22.2. The second-order valence-electron chi connectivity index (χ2n) is 12.5. The zero-order valence-corrected chi connectivity index (χ0v) is 25.5. The molecule has 1 aromatic heterocycles. The molecule has 5 aromatic carbocycles. The molecule has 0 spiro atoms. The van der Waals surface area contributed by atoms with Gasteiger partial charge in [-0.3, -0.25) is 0 Å². The molecule has 2 aliphatic carbocycles. The molecular weight excluding hydrogens is 556 g/mol. The first-order valence-corrected chi connectivity index (χ1v) is 16.0. The van der Waals surface area contributed by atoms with E-state index in [-0.39, 0.29) is 0 Å². The average molecular weight is 591 g/mol. The molecule has 222 valence electrons. The van der Waals surface area contributed by atoms with Crippen molar-refractivity contribution in [2.45, 2.75) is 43.1 Å². The van der Waals surface area contributed by atoms with Crippen molar-refractivity contribution in [1.82, 2.24) is 0 Å². The van der Waals surface area contributed by atoms with Crippen molar-refractivity contribution in [3.63, 3.8) is 0 Å². The zero-order valence-electron chi connectivity index (χ0n) is 25.5. The van der Waals surface area contributed by atoms with Crippen molar-refractivity contribution in [1.29, 1.82) is 0 Å². The molecule has 0 radical (unpaired) electrons. The highest BCUT2D eigenvalue weighted by Crippen LogP contribution is 2.60. The monoisotopic (exact) mass is 590 g/mol. The van der Waals surface area contributed by atoms with E-state index in [9.17, 15) is 0 Å². The van der Waals surface area contributed by atoms with Crippen LogP contribution in [0, 0.1) is 0 Å². The van der Waals surface area contributed by atoms with Crippen molar-refractivity contribution in [2.75, 3.05) is 14.2 Å². The lowest BCUT2D eigenvalue weighted by Crippen LogP contribution is -2.35. The molecule has 2 unspecified atom stereocenters. The molecule has 4 heteroatoms. The number of benzene rings is 5. The highest BCUT2D eigenvalue weighted by atomic mass is 16.5. The summed E-state index contributed by atoms with van der Waals surface area (Å²) in [5.74, 6) is 3.42. The fraction of sp³-hybridized carbons (Fsp3) is 0.220. The van der Waals surface area contributed by atoms with Gasteiger partial charge in [-0.2, -0.15) is 0 Å². The third-order valence-electron chi connectivity index (χ3n) is 10.4. The Balaban J connectivity index is 1.38. The molecule has 9 rings (SSSR count). The molecule has 3 aliphatic rings. The Morgan fingerprint density at radius 1 is 0.711 bits per heavy atom. The van der Waals surface area contributed by atoms with Crippen molar-refractivity contribution >= 4 is 28.0 Å². The lowest BCUT2D eigenvalue weighted by molar-refractivity contribution is 0.163. The van der Waals surface area contributed by atoms with Crippen LogP contribution in [-0.4, -0.2) is 14.2 Å². The van der Waals surface area contributed by atoms with Gasteiger partial charge in [-0.1, -0.05) is 85.6 Å². The average Bonchev–Trinajstić information content (AvgIpc) is 3.51. The maximum Gasteiger partial charge on any atom is 0.178 e. The molecular formula is C41H34O4. The van der Waals surface area contributed by atoms with E-state index >= 15 is 0 Å². The number of para-hydroxylation sites is 1. The lowest BCUT2D eigenvalue weighted by atomic mass is 9.64. The van der Waals surface area contributed by atoms with E-state index in [0.717, 1.165) is 50.3 Å². The molecule has 4 nitrogen and oxygen atoms in total. The number of ether oxygens (including phenoxy) is 3. The maximum absolute atomic E-state index is 7.52. The van der Waals surface area contributed by atoms with Crippen LogP contribution in [0.1, 0.15) is 65.3 Å². The number of furan rings is 1. The Hall–Kier alpha value is -4.96. The Morgan fingerprint density at radius 3 is 2.07 bits per heavy atom. The van der Waals surface area contributed by atoms with Crippen molar-refractivity contribution in [2.24, 2.45) is 0 Å². The number of rotatable bonds is 4. The van der Waals surface area contributed by atoms with Gasteiger partial charge in [0.05, 0.1) is 19.6 Å². The van der Waals surface area contributed by atoms with Gasteiger partial charge < -0.3 is 18.6 Å². The maximum atomic E-state index is 7.52. The van der Waals surface area contributed by atoms with Crippen molar-refractivity contribution in [3.8, 4) is 28.4 Å². The van der Waals surface area contributed by atoms with Gasteiger partial charge in [-0.15, -0.1) is 0 Å². The minimum absolute atomic E-state index is 0.415. The third-order valence-corrected chi connectivity index (χ3v) is 10.4. The van der Waals surface area contributed by atoms with Crippen LogP contribution in [0.5, 0.6) is 17.2 Å². The molecule has 0 bridgehead atoms. The Morgan fingerprint density at radius 2 is 1.36 bits per heavy atom. The molecule has 2 heterocycles. The van der Waals surface area contributed by atoms with E-state index in [4.69, 9.17) is 18.6 Å². The van der Waals surface area contributed by atoms with Crippen LogP contribution < -0.4 is 14.2 Å². The molecule has 2 atom stereocenters. The summed E-state index contributed by atoms with van der Waals surface area (Å²) in [6, 6.07) is 33.8. The van der Waals surface area contributed by atoms with Gasteiger partial charge in [-0.25, -0.2) is 0 Å². The predicted molar refractivity (Wildman–Crippen MR) is 180 cm³/mol.